The molecule has 2 aromatic carbocycles. The monoisotopic (exact) mass is 364 g/mol. The lowest BCUT2D eigenvalue weighted by atomic mass is 9.95. The van der Waals surface area contributed by atoms with Gasteiger partial charge in [0.1, 0.15) is 5.82 Å². The fourth-order valence-electron chi connectivity index (χ4n) is 3.93. The van der Waals surface area contributed by atoms with E-state index < -0.39 is 0 Å². The van der Waals surface area contributed by atoms with E-state index in [1.165, 1.54) is 11.6 Å². The number of likely N-dealkylation sites (N-methyl/N-ethyl adjacent to an activating group) is 1. The number of aromatic nitrogens is 2. The maximum atomic E-state index is 14.3. The molecule has 5 heteroatoms. The van der Waals surface area contributed by atoms with Crippen molar-refractivity contribution >= 4 is 0 Å². The fraction of sp³-hybridized carbons (Fsp3) is 0.318. The molecule has 1 fully saturated rings. The van der Waals surface area contributed by atoms with E-state index in [2.05, 4.69) is 39.1 Å². The molecular formula is C22H25FN4. The van der Waals surface area contributed by atoms with Gasteiger partial charge in [0.15, 0.2) is 0 Å². The van der Waals surface area contributed by atoms with Crippen LogP contribution in [0.2, 0.25) is 0 Å². The molecule has 0 radical (unpaired) electrons. The number of aromatic amines is 1. The van der Waals surface area contributed by atoms with Crippen LogP contribution >= 0.6 is 0 Å². The highest BCUT2D eigenvalue weighted by Crippen LogP contribution is 2.32. The lowest BCUT2D eigenvalue weighted by molar-refractivity contribution is 0.113. The third-order valence-corrected chi connectivity index (χ3v) is 5.44. The van der Waals surface area contributed by atoms with Crippen molar-refractivity contribution in [3.05, 3.63) is 77.9 Å². The van der Waals surface area contributed by atoms with Crippen molar-refractivity contribution in [3.63, 3.8) is 0 Å². The molecule has 0 aliphatic carbocycles. The van der Waals surface area contributed by atoms with Gasteiger partial charge < -0.3 is 4.90 Å². The molecule has 4 rings (SSSR count). The number of piperazine rings is 1. The van der Waals surface area contributed by atoms with Crippen LogP contribution in [-0.4, -0.2) is 52.7 Å². The second-order valence-corrected chi connectivity index (χ2v) is 7.01. The molecule has 2 heterocycles. The van der Waals surface area contributed by atoms with E-state index in [4.69, 9.17) is 0 Å². The van der Waals surface area contributed by atoms with Crippen molar-refractivity contribution in [2.24, 2.45) is 0 Å². The minimum atomic E-state index is -0.189. The molecule has 0 saturated carbocycles. The van der Waals surface area contributed by atoms with Crippen LogP contribution in [0.25, 0.3) is 11.1 Å². The molecule has 140 valence electrons. The maximum absolute atomic E-state index is 14.3. The summed E-state index contributed by atoms with van der Waals surface area (Å²) in [6, 6.07) is 15.3. The van der Waals surface area contributed by atoms with Crippen molar-refractivity contribution in [2.45, 2.75) is 13.0 Å². The van der Waals surface area contributed by atoms with Gasteiger partial charge >= 0.3 is 0 Å². The summed E-state index contributed by atoms with van der Waals surface area (Å²) in [7, 11) is 0. The summed E-state index contributed by atoms with van der Waals surface area (Å²) < 4.78 is 14.3. The normalized spacial score (nSPS) is 17.1. The highest BCUT2D eigenvalue weighted by atomic mass is 19.1. The molecule has 0 bridgehead atoms. The molecule has 1 atom stereocenters. The molecule has 0 spiro atoms. The first kappa shape index (κ1) is 17.9. The molecule has 1 aliphatic rings. The number of benzene rings is 2. The van der Waals surface area contributed by atoms with Crippen LogP contribution in [0.4, 0.5) is 4.39 Å². The quantitative estimate of drug-likeness (QED) is 0.745. The van der Waals surface area contributed by atoms with Crippen molar-refractivity contribution < 1.29 is 4.39 Å². The van der Waals surface area contributed by atoms with Crippen LogP contribution in [0, 0.1) is 5.82 Å². The Hall–Kier alpha value is -2.50. The first-order chi connectivity index (χ1) is 13.3. The Morgan fingerprint density at radius 1 is 1.04 bits per heavy atom. The summed E-state index contributed by atoms with van der Waals surface area (Å²) in [6.45, 7) is 7.45. The summed E-state index contributed by atoms with van der Waals surface area (Å²) in [5.74, 6) is -0.189. The summed E-state index contributed by atoms with van der Waals surface area (Å²) in [5.41, 5.74) is 3.86. The van der Waals surface area contributed by atoms with E-state index in [1.54, 1.807) is 6.07 Å². The molecule has 1 aromatic heterocycles. The average Bonchev–Trinajstić information content (AvgIpc) is 3.24. The van der Waals surface area contributed by atoms with Gasteiger partial charge in [-0.3, -0.25) is 10.00 Å². The van der Waals surface area contributed by atoms with Gasteiger partial charge in [0.2, 0.25) is 0 Å². The maximum Gasteiger partial charge on any atom is 0.131 e. The number of H-pyrrole nitrogens is 1. The second kappa shape index (κ2) is 8.03. The van der Waals surface area contributed by atoms with E-state index in [9.17, 15) is 4.39 Å². The van der Waals surface area contributed by atoms with Gasteiger partial charge in [-0.25, -0.2) is 4.39 Å². The van der Waals surface area contributed by atoms with Gasteiger partial charge in [-0.05, 0) is 29.8 Å². The third-order valence-electron chi connectivity index (χ3n) is 5.44. The Balaban J connectivity index is 1.69. The molecule has 1 N–H and O–H groups in total. The van der Waals surface area contributed by atoms with Gasteiger partial charge in [-0.15, -0.1) is 0 Å². The number of hydrogen-bond acceptors (Lipinski definition) is 3. The minimum absolute atomic E-state index is 0.120. The van der Waals surface area contributed by atoms with E-state index in [0.29, 0.717) is 5.56 Å². The van der Waals surface area contributed by atoms with Gasteiger partial charge in [0.25, 0.3) is 0 Å². The fourth-order valence-corrected chi connectivity index (χ4v) is 3.93. The largest absolute Gasteiger partial charge is 0.301 e. The lowest BCUT2D eigenvalue weighted by Gasteiger charge is -2.39. The van der Waals surface area contributed by atoms with E-state index in [0.717, 1.165) is 43.9 Å². The van der Waals surface area contributed by atoms with Crippen LogP contribution < -0.4 is 0 Å². The van der Waals surface area contributed by atoms with Crippen LogP contribution in [0.5, 0.6) is 0 Å². The predicted octanol–water partition coefficient (Wildman–Crippen LogP) is 3.94. The zero-order valence-electron chi connectivity index (χ0n) is 15.6. The Morgan fingerprint density at radius 2 is 1.85 bits per heavy atom. The Labute approximate surface area is 159 Å². The SMILES string of the molecule is CCN1CCN(C(c2cn[nH]c2)c2cccc(-c3ccccc3F)c2)CC1. The average molecular weight is 364 g/mol. The van der Waals surface area contributed by atoms with Gasteiger partial charge in [-0.2, -0.15) is 5.10 Å². The van der Waals surface area contributed by atoms with Crippen LogP contribution in [-0.2, 0) is 0 Å². The van der Waals surface area contributed by atoms with Crippen LogP contribution in [0.1, 0.15) is 24.1 Å². The standard InChI is InChI=1S/C22H25FN4/c1-2-26-10-12-27(13-11-26)22(19-15-24-25-16-19)18-7-5-6-17(14-18)20-8-3-4-9-21(20)23/h3-9,14-16,22H,2,10-13H2,1H3,(H,24,25). The molecule has 1 aliphatic heterocycles. The molecule has 0 amide bonds. The van der Waals surface area contributed by atoms with Crippen molar-refractivity contribution in [2.75, 3.05) is 32.7 Å². The molecule has 1 unspecified atom stereocenters. The molecule has 1 saturated heterocycles. The first-order valence-corrected chi connectivity index (χ1v) is 9.56. The van der Waals surface area contributed by atoms with E-state index in [-0.39, 0.29) is 11.9 Å². The van der Waals surface area contributed by atoms with Crippen molar-refractivity contribution in [1.82, 2.24) is 20.0 Å². The van der Waals surface area contributed by atoms with Gasteiger partial charge in [0.05, 0.1) is 12.2 Å². The Kier molecular flexibility index (Phi) is 5.32. The number of rotatable bonds is 5. The number of halogens is 1. The van der Waals surface area contributed by atoms with Gasteiger partial charge in [0, 0.05) is 43.5 Å². The summed E-state index contributed by atoms with van der Waals surface area (Å²) in [6.07, 6.45) is 3.86. The smallest absolute Gasteiger partial charge is 0.131 e. The summed E-state index contributed by atoms with van der Waals surface area (Å²) >= 11 is 0. The van der Waals surface area contributed by atoms with E-state index >= 15 is 0 Å². The van der Waals surface area contributed by atoms with Crippen LogP contribution in [0.15, 0.2) is 60.9 Å². The minimum Gasteiger partial charge on any atom is -0.301 e. The number of hydrogen-bond donors (Lipinski definition) is 1. The highest BCUT2D eigenvalue weighted by molar-refractivity contribution is 5.65. The van der Waals surface area contributed by atoms with Crippen LogP contribution in [0.3, 0.4) is 0 Å². The first-order valence-electron chi connectivity index (χ1n) is 9.56. The summed E-state index contributed by atoms with van der Waals surface area (Å²) in [5, 5.41) is 7.11. The molecule has 4 nitrogen and oxygen atoms in total. The Morgan fingerprint density at radius 3 is 2.56 bits per heavy atom. The molecule has 27 heavy (non-hydrogen) atoms. The molecule has 3 aromatic rings. The predicted molar refractivity (Wildman–Crippen MR) is 106 cm³/mol. The second-order valence-electron chi connectivity index (χ2n) is 7.01. The Bertz CT molecular complexity index is 870. The topological polar surface area (TPSA) is 35.2 Å². The zero-order chi connectivity index (χ0) is 18.6. The van der Waals surface area contributed by atoms with Crippen molar-refractivity contribution in [1.29, 1.82) is 0 Å². The van der Waals surface area contributed by atoms with Gasteiger partial charge in [-0.1, -0.05) is 43.3 Å². The number of nitrogens with one attached hydrogen (secondary N) is 1. The summed E-state index contributed by atoms with van der Waals surface area (Å²) in [4.78, 5) is 4.97. The lowest BCUT2D eigenvalue weighted by Crippen LogP contribution is -2.47. The highest BCUT2D eigenvalue weighted by Gasteiger charge is 2.27. The van der Waals surface area contributed by atoms with Crippen molar-refractivity contribution in [3.8, 4) is 11.1 Å². The molecular weight excluding hydrogens is 339 g/mol. The third kappa shape index (κ3) is 3.80. The zero-order valence-corrected chi connectivity index (χ0v) is 15.6. The number of nitrogens with zero attached hydrogens (tertiary/aromatic N) is 3. The van der Waals surface area contributed by atoms with E-state index in [1.807, 2.05) is 36.7 Å².